The minimum atomic E-state index is 0.137. The lowest BCUT2D eigenvalue weighted by atomic mass is 10.0. The van der Waals surface area contributed by atoms with E-state index >= 15 is 0 Å². The van der Waals surface area contributed by atoms with Gasteiger partial charge in [0.05, 0.1) is 12.5 Å². The lowest BCUT2D eigenvalue weighted by Gasteiger charge is -2.25. The van der Waals surface area contributed by atoms with E-state index in [0.29, 0.717) is 19.4 Å². The van der Waals surface area contributed by atoms with E-state index in [2.05, 4.69) is 31.7 Å². The summed E-state index contributed by atoms with van der Waals surface area (Å²) in [4.78, 5) is 15.9. The van der Waals surface area contributed by atoms with Gasteiger partial charge in [-0.3, -0.25) is 4.79 Å². The fourth-order valence-corrected chi connectivity index (χ4v) is 2.08. The molecule has 0 bridgehead atoms. The minimum absolute atomic E-state index is 0.137. The van der Waals surface area contributed by atoms with Crippen molar-refractivity contribution < 1.29 is 4.79 Å². The third-order valence-corrected chi connectivity index (χ3v) is 3.74. The van der Waals surface area contributed by atoms with Crippen molar-refractivity contribution in [3.05, 3.63) is 0 Å². The Hall–Kier alpha value is -1.08. The third-order valence-electron chi connectivity index (χ3n) is 3.74. The van der Waals surface area contributed by atoms with Gasteiger partial charge >= 0.3 is 0 Å². The third kappa shape index (κ3) is 7.84. The van der Waals surface area contributed by atoms with E-state index in [1.165, 1.54) is 12.8 Å². The van der Waals surface area contributed by atoms with Gasteiger partial charge in [-0.2, -0.15) is 5.26 Å². The molecule has 0 rings (SSSR count). The lowest BCUT2D eigenvalue weighted by Crippen LogP contribution is -2.35. The van der Waals surface area contributed by atoms with Gasteiger partial charge in [0.15, 0.2) is 0 Å². The molecule has 0 N–H and O–H groups in total. The molecular formula is C15H29N3O. The van der Waals surface area contributed by atoms with Gasteiger partial charge in [-0.15, -0.1) is 0 Å². The topological polar surface area (TPSA) is 47.3 Å². The molecule has 0 fully saturated rings. The summed E-state index contributed by atoms with van der Waals surface area (Å²) >= 11 is 0. The molecule has 0 unspecified atom stereocenters. The molecule has 0 aliphatic carbocycles. The van der Waals surface area contributed by atoms with Crippen molar-refractivity contribution in [2.24, 2.45) is 5.92 Å². The fourth-order valence-electron chi connectivity index (χ4n) is 2.08. The fraction of sp³-hybridized carbons (Fsp3) is 0.867. The van der Waals surface area contributed by atoms with Gasteiger partial charge in [0.25, 0.3) is 0 Å². The summed E-state index contributed by atoms with van der Waals surface area (Å²) in [7, 11) is 1.77. The second-order valence-electron chi connectivity index (χ2n) is 5.05. The number of carbonyl (C=O) groups excluding carboxylic acids is 1. The standard InChI is InChI=1S/C15H29N3O/c1-5-14(6-2)13-18(7-3)12-9-15(19)17(4)11-8-10-16/h14H,5-9,11-13H2,1-4H3. The monoisotopic (exact) mass is 267 g/mol. The van der Waals surface area contributed by atoms with Crippen LogP contribution >= 0.6 is 0 Å². The molecule has 0 heterocycles. The highest BCUT2D eigenvalue weighted by Crippen LogP contribution is 2.10. The zero-order chi connectivity index (χ0) is 14.7. The average Bonchev–Trinajstić information content (AvgIpc) is 2.44. The summed E-state index contributed by atoms with van der Waals surface area (Å²) in [6.45, 7) is 10.0. The first-order valence-corrected chi connectivity index (χ1v) is 7.42. The lowest BCUT2D eigenvalue weighted by molar-refractivity contribution is -0.130. The maximum atomic E-state index is 11.9. The summed E-state index contributed by atoms with van der Waals surface area (Å²) in [5, 5.41) is 8.51. The van der Waals surface area contributed by atoms with Crippen LogP contribution < -0.4 is 0 Å². The number of nitrogens with zero attached hydrogens (tertiary/aromatic N) is 3. The Morgan fingerprint density at radius 1 is 1.21 bits per heavy atom. The molecule has 0 radical (unpaired) electrons. The van der Waals surface area contributed by atoms with E-state index in [1.807, 2.05) is 0 Å². The van der Waals surface area contributed by atoms with Gasteiger partial charge in [-0.25, -0.2) is 0 Å². The van der Waals surface area contributed by atoms with E-state index in [4.69, 9.17) is 5.26 Å². The molecule has 0 spiro atoms. The average molecular weight is 267 g/mol. The molecule has 19 heavy (non-hydrogen) atoms. The molecule has 110 valence electrons. The normalized spacial score (nSPS) is 10.8. The molecule has 4 nitrogen and oxygen atoms in total. The van der Waals surface area contributed by atoms with E-state index in [9.17, 15) is 4.79 Å². The van der Waals surface area contributed by atoms with E-state index in [-0.39, 0.29) is 5.91 Å². The molecule has 0 aromatic rings. The first-order valence-electron chi connectivity index (χ1n) is 7.42. The Balaban J connectivity index is 4.06. The Labute approximate surface area is 118 Å². The zero-order valence-corrected chi connectivity index (χ0v) is 13.0. The van der Waals surface area contributed by atoms with Gasteiger partial charge in [0, 0.05) is 33.1 Å². The van der Waals surface area contributed by atoms with E-state index in [1.54, 1.807) is 11.9 Å². The number of amides is 1. The number of hydrogen-bond donors (Lipinski definition) is 0. The van der Waals surface area contributed by atoms with Crippen LogP contribution in [0.25, 0.3) is 0 Å². The molecule has 0 aromatic carbocycles. The predicted molar refractivity (Wildman–Crippen MR) is 78.7 cm³/mol. The molecular weight excluding hydrogens is 238 g/mol. The second-order valence-corrected chi connectivity index (χ2v) is 5.05. The Bertz CT molecular complexity index is 282. The van der Waals surface area contributed by atoms with Crippen molar-refractivity contribution in [3.8, 4) is 6.07 Å². The van der Waals surface area contributed by atoms with E-state index in [0.717, 1.165) is 25.6 Å². The van der Waals surface area contributed by atoms with Gasteiger partial charge < -0.3 is 9.80 Å². The molecule has 0 saturated heterocycles. The molecule has 0 atom stereocenters. The van der Waals surface area contributed by atoms with Crippen molar-refractivity contribution in [1.29, 1.82) is 5.26 Å². The molecule has 0 aliphatic heterocycles. The zero-order valence-electron chi connectivity index (χ0n) is 13.0. The quantitative estimate of drug-likeness (QED) is 0.611. The number of carbonyl (C=O) groups is 1. The summed E-state index contributed by atoms with van der Waals surface area (Å²) in [5.74, 6) is 0.865. The van der Waals surface area contributed by atoms with Crippen LogP contribution in [0.1, 0.15) is 46.5 Å². The Kier molecular flexibility index (Phi) is 10.2. The van der Waals surface area contributed by atoms with Crippen molar-refractivity contribution in [2.75, 3.05) is 33.2 Å². The van der Waals surface area contributed by atoms with Crippen LogP contribution in [0.5, 0.6) is 0 Å². The highest BCUT2D eigenvalue weighted by molar-refractivity contribution is 5.76. The summed E-state index contributed by atoms with van der Waals surface area (Å²) < 4.78 is 0. The van der Waals surface area contributed by atoms with Crippen molar-refractivity contribution in [3.63, 3.8) is 0 Å². The van der Waals surface area contributed by atoms with Gasteiger partial charge in [-0.05, 0) is 12.5 Å². The molecule has 1 amide bonds. The number of rotatable bonds is 10. The predicted octanol–water partition coefficient (Wildman–Crippen LogP) is 2.51. The highest BCUT2D eigenvalue weighted by atomic mass is 16.2. The van der Waals surface area contributed by atoms with Crippen molar-refractivity contribution >= 4 is 5.91 Å². The minimum Gasteiger partial charge on any atom is -0.345 e. The molecule has 0 aliphatic rings. The first kappa shape index (κ1) is 17.9. The van der Waals surface area contributed by atoms with Gasteiger partial charge in [0.2, 0.25) is 5.91 Å². The van der Waals surface area contributed by atoms with Crippen molar-refractivity contribution in [2.45, 2.75) is 46.5 Å². The van der Waals surface area contributed by atoms with Crippen LogP contribution in [-0.4, -0.2) is 48.9 Å². The first-order chi connectivity index (χ1) is 9.08. The van der Waals surface area contributed by atoms with Crippen LogP contribution in [0.4, 0.5) is 0 Å². The summed E-state index contributed by atoms with van der Waals surface area (Å²) in [6, 6.07) is 2.07. The second kappa shape index (κ2) is 10.8. The van der Waals surface area contributed by atoms with Crippen LogP contribution in [0, 0.1) is 17.2 Å². The Morgan fingerprint density at radius 3 is 2.32 bits per heavy atom. The summed E-state index contributed by atoms with van der Waals surface area (Å²) in [5.41, 5.74) is 0. The van der Waals surface area contributed by atoms with Crippen LogP contribution in [0.2, 0.25) is 0 Å². The maximum Gasteiger partial charge on any atom is 0.223 e. The van der Waals surface area contributed by atoms with Crippen molar-refractivity contribution in [1.82, 2.24) is 9.80 Å². The van der Waals surface area contributed by atoms with Crippen LogP contribution in [-0.2, 0) is 4.79 Å². The molecule has 0 aromatic heterocycles. The van der Waals surface area contributed by atoms with Gasteiger partial charge in [-0.1, -0.05) is 33.6 Å². The Morgan fingerprint density at radius 2 is 1.84 bits per heavy atom. The SMILES string of the molecule is CCC(CC)CN(CC)CCC(=O)N(C)CCC#N. The summed E-state index contributed by atoms with van der Waals surface area (Å²) in [6.07, 6.45) is 3.36. The van der Waals surface area contributed by atoms with Crippen LogP contribution in [0.15, 0.2) is 0 Å². The van der Waals surface area contributed by atoms with Gasteiger partial charge in [0.1, 0.15) is 0 Å². The highest BCUT2D eigenvalue weighted by Gasteiger charge is 2.13. The smallest absolute Gasteiger partial charge is 0.223 e. The largest absolute Gasteiger partial charge is 0.345 e. The number of nitriles is 1. The maximum absolute atomic E-state index is 11.9. The van der Waals surface area contributed by atoms with E-state index < -0.39 is 0 Å². The van der Waals surface area contributed by atoms with Crippen LogP contribution in [0.3, 0.4) is 0 Å². The number of hydrogen-bond acceptors (Lipinski definition) is 3. The molecule has 4 heteroatoms. The molecule has 0 saturated carbocycles.